The maximum absolute atomic E-state index is 14.1. The quantitative estimate of drug-likeness (QED) is 0.277. The van der Waals surface area contributed by atoms with Crippen molar-refractivity contribution in [2.75, 3.05) is 4.90 Å². The van der Waals surface area contributed by atoms with Crippen LogP contribution in [0.2, 0.25) is 0 Å². The third-order valence-corrected chi connectivity index (χ3v) is 10.0. The van der Waals surface area contributed by atoms with Gasteiger partial charge in [-0.1, -0.05) is 81.8 Å². The van der Waals surface area contributed by atoms with Gasteiger partial charge in [-0.15, -0.1) is 0 Å². The van der Waals surface area contributed by atoms with Crippen molar-refractivity contribution in [3.63, 3.8) is 0 Å². The van der Waals surface area contributed by atoms with Crippen molar-refractivity contribution < 1.29 is 19.1 Å². The predicted octanol–water partition coefficient (Wildman–Crippen LogP) is 6.70. The summed E-state index contributed by atoms with van der Waals surface area (Å²) >= 11 is 0. The smallest absolute Gasteiger partial charge is 0.338 e. The summed E-state index contributed by atoms with van der Waals surface area (Å²) in [7, 11) is 0. The molecule has 3 aromatic carbocycles. The van der Waals surface area contributed by atoms with E-state index in [1.807, 2.05) is 24.3 Å². The first-order valence-corrected chi connectivity index (χ1v) is 14.7. The highest BCUT2D eigenvalue weighted by atomic mass is 16.5. The summed E-state index contributed by atoms with van der Waals surface area (Å²) in [5, 5.41) is 0. The van der Waals surface area contributed by atoms with Gasteiger partial charge in [0.2, 0.25) is 11.8 Å². The Bertz CT molecular complexity index is 1410. The number of imide groups is 1. The van der Waals surface area contributed by atoms with Gasteiger partial charge in [0.25, 0.3) is 0 Å². The number of benzene rings is 3. The van der Waals surface area contributed by atoms with Crippen molar-refractivity contribution in [2.45, 2.75) is 58.0 Å². The summed E-state index contributed by atoms with van der Waals surface area (Å²) in [6.45, 7) is 6.59. The van der Waals surface area contributed by atoms with E-state index in [0.29, 0.717) is 29.0 Å². The van der Waals surface area contributed by atoms with E-state index in [0.717, 1.165) is 41.5 Å². The van der Waals surface area contributed by atoms with Gasteiger partial charge in [-0.3, -0.25) is 9.59 Å². The van der Waals surface area contributed by atoms with E-state index in [-0.39, 0.29) is 35.7 Å². The lowest BCUT2D eigenvalue weighted by molar-refractivity contribution is -0.122. The van der Waals surface area contributed by atoms with E-state index in [1.54, 1.807) is 24.3 Å². The molecule has 0 aromatic heterocycles. The molecule has 204 valence electrons. The molecule has 2 bridgehead atoms. The molecule has 0 N–H and O–H groups in total. The Kier molecular flexibility index (Phi) is 5.95. The lowest BCUT2D eigenvalue weighted by atomic mass is 9.55. The maximum atomic E-state index is 14.1. The first-order valence-electron chi connectivity index (χ1n) is 14.7. The largest absolute Gasteiger partial charge is 0.458 e. The molecular formula is C35H35NO4. The number of amides is 2. The molecule has 1 heterocycles. The first kappa shape index (κ1) is 25.3. The fraction of sp³-hybridized carbons (Fsp3) is 0.400. The van der Waals surface area contributed by atoms with E-state index in [9.17, 15) is 14.4 Å². The number of carbonyl (C=O) groups excluding carboxylic acids is 3. The SMILES string of the molecule is CC(C)[C@H]1CC[C@@H](C)C[C@H]1OC(=O)c1cccc(N2C(=O)[C@H]3C4c5ccccc5C(c5ccccc54)[C@@H]3C2=O)c1. The van der Waals surface area contributed by atoms with Gasteiger partial charge in [0.1, 0.15) is 6.10 Å². The highest BCUT2D eigenvalue weighted by Gasteiger charge is 2.61. The lowest BCUT2D eigenvalue weighted by Gasteiger charge is -2.45. The molecule has 0 unspecified atom stereocenters. The highest BCUT2D eigenvalue weighted by molar-refractivity contribution is 6.23. The van der Waals surface area contributed by atoms with Gasteiger partial charge < -0.3 is 4.74 Å². The molecule has 8 rings (SSSR count). The van der Waals surface area contributed by atoms with E-state index in [4.69, 9.17) is 4.74 Å². The molecule has 5 heteroatoms. The average Bonchev–Trinajstić information content (AvgIpc) is 3.23. The number of hydrogen-bond donors (Lipinski definition) is 0. The summed E-state index contributed by atoms with van der Waals surface area (Å²) in [6.07, 6.45) is 2.96. The summed E-state index contributed by atoms with van der Waals surface area (Å²) < 4.78 is 6.09. The Morgan fingerprint density at radius 1 is 0.800 bits per heavy atom. The monoisotopic (exact) mass is 533 g/mol. The van der Waals surface area contributed by atoms with Crippen LogP contribution in [0.4, 0.5) is 5.69 Å². The normalized spacial score (nSPS) is 30.2. The Labute approximate surface area is 235 Å². The molecule has 40 heavy (non-hydrogen) atoms. The number of esters is 1. The molecule has 2 fully saturated rings. The minimum atomic E-state index is -0.451. The molecule has 2 amide bonds. The van der Waals surface area contributed by atoms with E-state index in [1.165, 1.54) is 4.90 Å². The van der Waals surface area contributed by atoms with Crippen molar-refractivity contribution >= 4 is 23.5 Å². The number of ether oxygens (including phenoxy) is 1. The van der Waals surface area contributed by atoms with Crippen LogP contribution in [0, 0.1) is 29.6 Å². The fourth-order valence-electron chi connectivity index (χ4n) is 8.16. The van der Waals surface area contributed by atoms with E-state index >= 15 is 0 Å². The summed E-state index contributed by atoms with van der Waals surface area (Å²) in [4.78, 5) is 42.9. The Hall–Kier alpha value is -3.73. The molecular weight excluding hydrogens is 498 g/mol. The Balaban J connectivity index is 1.21. The zero-order valence-corrected chi connectivity index (χ0v) is 23.2. The number of nitrogens with zero attached hydrogens (tertiary/aromatic N) is 1. The van der Waals surface area contributed by atoms with Crippen LogP contribution >= 0.6 is 0 Å². The van der Waals surface area contributed by atoms with E-state index in [2.05, 4.69) is 45.0 Å². The summed E-state index contributed by atoms with van der Waals surface area (Å²) in [5.41, 5.74) is 5.42. The zero-order valence-electron chi connectivity index (χ0n) is 23.2. The van der Waals surface area contributed by atoms with Crippen LogP contribution in [0.1, 0.15) is 84.5 Å². The summed E-state index contributed by atoms with van der Waals surface area (Å²) in [6, 6.07) is 23.4. The van der Waals surface area contributed by atoms with Crippen molar-refractivity contribution in [2.24, 2.45) is 29.6 Å². The number of hydrogen-bond acceptors (Lipinski definition) is 4. The minimum Gasteiger partial charge on any atom is -0.458 e. The van der Waals surface area contributed by atoms with Crippen molar-refractivity contribution in [1.82, 2.24) is 0 Å². The lowest BCUT2D eigenvalue weighted by Crippen LogP contribution is -2.41. The van der Waals surface area contributed by atoms with Gasteiger partial charge in [0.15, 0.2) is 0 Å². The second-order valence-corrected chi connectivity index (χ2v) is 12.6. The average molecular weight is 534 g/mol. The molecule has 1 aliphatic heterocycles. The van der Waals surface area contributed by atoms with Gasteiger partial charge in [0, 0.05) is 11.8 Å². The van der Waals surface area contributed by atoms with Crippen LogP contribution in [0.25, 0.3) is 0 Å². The van der Waals surface area contributed by atoms with Crippen LogP contribution in [-0.4, -0.2) is 23.9 Å². The number of rotatable bonds is 4. The van der Waals surface area contributed by atoms with Crippen LogP contribution < -0.4 is 4.90 Å². The van der Waals surface area contributed by atoms with Gasteiger partial charge in [0.05, 0.1) is 23.1 Å². The van der Waals surface area contributed by atoms with E-state index < -0.39 is 11.8 Å². The van der Waals surface area contributed by atoms with Crippen molar-refractivity contribution in [1.29, 1.82) is 0 Å². The van der Waals surface area contributed by atoms with Crippen LogP contribution in [0.3, 0.4) is 0 Å². The van der Waals surface area contributed by atoms with Crippen molar-refractivity contribution in [3.05, 3.63) is 101 Å². The second-order valence-electron chi connectivity index (χ2n) is 12.6. The van der Waals surface area contributed by atoms with Crippen LogP contribution in [-0.2, 0) is 14.3 Å². The number of carbonyl (C=O) groups is 3. The first-order chi connectivity index (χ1) is 19.3. The number of anilines is 1. The molecule has 5 nitrogen and oxygen atoms in total. The molecule has 0 radical (unpaired) electrons. The maximum Gasteiger partial charge on any atom is 0.338 e. The fourth-order valence-corrected chi connectivity index (χ4v) is 8.16. The third kappa shape index (κ3) is 3.70. The molecule has 5 atom stereocenters. The second kappa shape index (κ2) is 9.43. The topological polar surface area (TPSA) is 63.7 Å². The molecule has 1 saturated heterocycles. The highest BCUT2D eigenvalue weighted by Crippen LogP contribution is 2.61. The predicted molar refractivity (Wildman–Crippen MR) is 153 cm³/mol. The van der Waals surface area contributed by atoms with Crippen molar-refractivity contribution in [3.8, 4) is 0 Å². The summed E-state index contributed by atoms with van der Waals surface area (Å²) in [5.74, 6) is -0.663. The van der Waals surface area contributed by atoms with Gasteiger partial charge in [-0.25, -0.2) is 9.69 Å². The van der Waals surface area contributed by atoms with Gasteiger partial charge in [-0.2, -0.15) is 0 Å². The standard InChI is InChI=1S/C35H35NO4/c1-19(2)23-16-15-20(3)17-28(23)40-35(39)21-9-8-10-22(18-21)36-33(37)31-29-24-11-4-5-12-25(24)30(32(31)34(36)38)27-14-7-6-13-26(27)29/h4-14,18-20,23,28-32H,15-17H2,1-3H3/t20-,23-,28-,29?,30?,31+,32+/m1/s1. The molecule has 5 aliphatic rings. The van der Waals surface area contributed by atoms with Crippen LogP contribution in [0.5, 0.6) is 0 Å². The molecule has 0 spiro atoms. The van der Waals surface area contributed by atoms with Gasteiger partial charge in [-0.05, 0) is 71.0 Å². The zero-order chi connectivity index (χ0) is 27.7. The van der Waals surface area contributed by atoms with Crippen LogP contribution in [0.15, 0.2) is 72.8 Å². The molecule has 3 aromatic rings. The molecule has 4 aliphatic carbocycles. The third-order valence-electron chi connectivity index (χ3n) is 10.0. The minimum absolute atomic E-state index is 0.120. The van der Waals surface area contributed by atoms with Gasteiger partial charge >= 0.3 is 5.97 Å². The Morgan fingerprint density at radius 2 is 1.35 bits per heavy atom. The Morgan fingerprint density at radius 3 is 1.88 bits per heavy atom. The molecule has 1 saturated carbocycles.